The molecule has 5 nitrogen and oxygen atoms in total. The molecule has 5 rings (SSSR count). The summed E-state index contributed by atoms with van der Waals surface area (Å²) in [5, 5.41) is 6.57. The third-order valence-electron chi connectivity index (χ3n) is 4.95. The molecule has 29 heavy (non-hydrogen) atoms. The van der Waals surface area contributed by atoms with Gasteiger partial charge in [-0.15, -0.1) is 5.10 Å². The van der Waals surface area contributed by atoms with Crippen LogP contribution in [-0.2, 0) is 6.61 Å². The Bertz CT molecular complexity index is 1280. The maximum absolute atomic E-state index is 6.04. The molecule has 3 aromatic carbocycles. The lowest BCUT2D eigenvalue weighted by atomic mass is 10.1. The Hall–Kier alpha value is -3.86. The van der Waals surface area contributed by atoms with Gasteiger partial charge in [-0.2, -0.15) is 0 Å². The van der Waals surface area contributed by atoms with Gasteiger partial charge >= 0.3 is 0 Å². The number of benzene rings is 3. The molecule has 0 aliphatic rings. The monoisotopic (exact) mass is 381 g/mol. The average Bonchev–Trinajstić information content (AvgIpc) is 3.22. The van der Waals surface area contributed by atoms with Crippen LogP contribution in [0.15, 0.2) is 85.1 Å². The third-order valence-corrected chi connectivity index (χ3v) is 4.95. The average molecular weight is 381 g/mol. The number of para-hydroxylation sites is 1. The minimum atomic E-state index is 0.423. The molecule has 0 aliphatic heterocycles. The van der Waals surface area contributed by atoms with Crippen LogP contribution in [0, 0.1) is 0 Å². The highest BCUT2D eigenvalue weighted by Gasteiger charge is 2.16. The van der Waals surface area contributed by atoms with Gasteiger partial charge in [0.1, 0.15) is 23.6 Å². The van der Waals surface area contributed by atoms with Crippen molar-refractivity contribution in [3.63, 3.8) is 0 Å². The van der Waals surface area contributed by atoms with Crippen LogP contribution in [0.3, 0.4) is 0 Å². The molecule has 0 unspecified atom stereocenters. The van der Waals surface area contributed by atoms with Gasteiger partial charge in [0.05, 0.1) is 18.8 Å². The van der Waals surface area contributed by atoms with Gasteiger partial charge in [0.25, 0.3) is 0 Å². The molecule has 0 saturated heterocycles. The molecule has 0 N–H and O–H groups in total. The van der Waals surface area contributed by atoms with E-state index in [2.05, 4.69) is 11.2 Å². The van der Waals surface area contributed by atoms with Crippen molar-refractivity contribution in [3.8, 4) is 17.0 Å². The molecule has 0 saturated carbocycles. The second-order valence-electron chi connectivity index (χ2n) is 6.74. The van der Waals surface area contributed by atoms with Crippen molar-refractivity contribution in [3.05, 3.63) is 90.6 Å². The van der Waals surface area contributed by atoms with Crippen molar-refractivity contribution >= 4 is 21.8 Å². The fraction of sp³-hybridized carbons (Fsp3) is 0.0833. The summed E-state index contributed by atoms with van der Waals surface area (Å²) < 4.78 is 5.30. The second-order valence-corrected chi connectivity index (χ2v) is 6.74. The van der Waals surface area contributed by atoms with Crippen LogP contribution in [0.25, 0.3) is 33.1 Å². The van der Waals surface area contributed by atoms with Crippen molar-refractivity contribution < 1.29 is 9.57 Å². The van der Waals surface area contributed by atoms with E-state index in [0.717, 1.165) is 44.4 Å². The first-order valence-corrected chi connectivity index (χ1v) is 9.41. The Kier molecular flexibility index (Phi) is 4.33. The first-order chi connectivity index (χ1) is 14.3. The predicted molar refractivity (Wildman–Crippen MR) is 114 cm³/mol. The highest BCUT2D eigenvalue weighted by atomic mass is 16.7. The van der Waals surface area contributed by atoms with Crippen LogP contribution in [0.5, 0.6) is 5.75 Å². The number of rotatable bonds is 5. The van der Waals surface area contributed by atoms with Crippen LogP contribution in [-0.4, -0.2) is 22.0 Å². The number of nitrogens with zero attached hydrogens (tertiary/aromatic N) is 3. The van der Waals surface area contributed by atoms with Gasteiger partial charge in [0, 0.05) is 16.3 Å². The number of ether oxygens (including phenoxy) is 1. The molecule has 0 bridgehead atoms. The van der Waals surface area contributed by atoms with Gasteiger partial charge in [0.2, 0.25) is 0 Å². The molecule has 2 aromatic heterocycles. The number of aromatic nitrogens is 3. The van der Waals surface area contributed by atoms with E-state index in [1.54, 1.807) is 12.0 Å². The highest BCUT2D eigenvalue weighted by Crippen LogP contribution is 2.32. The fourth-order valence-electron chi connectivity index (χ4n) is 3.48. The predicted octanol–water partition coefficient (Wildman–Crippen LogP) is 4.89. The topological polar surface area (TPSA) is 49.2 Å². The summed E-state index contributed by atoms with van der Waals surface area (Å²) in [5.74, 6) is 0.805. The fourth-order valence-corrected chi connectivity index (χ4v) is 3.48. The van der Waals surface area contributed by atoms with Gasteiger partial charge in [-0.25, -0.2) is 4.98 Å². The van der Waals surface area contributed by atoms with Crippen LogP contribution in [0.2, 0.25) is 0 Å². The zero-order valence-electron chi connectivity index (χ0n) is 15.9. The van der Waals surface area contributed by atoms with Gasteiger partial charge < -0.3 is 9.57 Å². The van der Waals surface area contributed by atoms with Crippen molar-refractivity contribution in [2.75, 3.05) is 7.11 Å². The van der Waals surface area contributed by atoms with Crippen LogP contribution in [0.1, 0.15) is 5.56 Å². The molecule has 0 spiro atoms. The summed E-state index contributed by atoms with van der Waals surface area (Å²) in [6.45, 7) is 0.423. The van der Waals surface area contributed by atoms with E-state index in [1.807, 2.05) is 79.0 Å². The van der Waals surface area contributed by atoms with Crippen LogP contribution in [0.4, 0.5) is 0 Å². The summed E-state index contributed by atoms with van der Waals surface area (Å²) in [4.78, 5) is 12.6. The van der Waals surface area contributed by atoms with E-state index in [1.165, 1.54) is 0 Å². The van der Waals surface area contributed by atoms with E-state index in [-0.39, 0.29) is 0 Å². The van der Waals surface area contributed by atoms with Gasteiger partial charge in [-0.05, 0) is 35.9 Å². The Morgan fingerprint density at radius 1 is 0.828 bits per heavy atom. The SMILES string of the molecule is COc1ccc(-c2nc3ccccc3c3cnn(OCc4ccccc4)c23)cc1. The first kappa shape index (κ1) is 17.3. The second kappa shape index (κ2) is 7.28. The summed E-state index contributed by atoms with van der Waals surface area (Å²) >= 11 is 0. The zero-order chi connectivity index (χ0) is 19.6. The molecule has 0 fully saturated rings. The number of fused-ring (bicyclic) bond motifs is 3. The first-order valence-electron chi connectivity index (χ1n) is 9.41. The van der Waals surface area contributed by atoms with E-state index in [4.69, 9.17) is 14.6 Å². The lowest BCUT2D eigenvalue weighted by molar-refractivity contribution is 0.0796. The maximum Gasteiger partial charge on any atom is 0.142 e. The molecule has 5 heteroatoms. The van der Waals surface area contributed by atoms with Crippen molar-refractivity contribution in [2.45, 2.75) is 6.61 Å². The normalized spacial score (nSPS) is 11.1. The van der Waals surface area contributed by atoms with Crippen LogP contribution >= 0.6 is 0 Å². The van der Waals surface area contributed by atoms with Crippen LogP contribution < -0.4 is 9.57 Å². The lowest BCUT2D eigenvalue weighted by Crippen LogP contribution is -2.13. The summed E-state index contributed by atoms with van der Waals surface area (Å²) in [6.07, 6.45) is 1.84. The Labute approximate surface area is 168 Å². The Morgan fingerprint density at radius 2 is 1.59 bits per heavy atom. The summed E-state index contributed by atoms with van der Waals surface area (Å²) in [7, 11) is 1.66. The zero-order valence-corrected chi connectivity index (χ0v) is 15.9. The molecule has 0 atom stereocenters. The number of pyridine rings is 1. The van der Waals surface area contributed by atoms with Crippen molar-refractivity contribution in [1.29, 1.82) is 0 Å². The minimum absolute atomic E-state index is 0.423. The smallest absolute Gasteiger partial charge is 0.142 e. The van der Waals surface area contributed by atoms with Crippen molar-refractivity contribution in [1.82, 2.24) is 14.9 Å². The van der Waals surface area contributed by atoms with E-state index in [0.29, 0.717) is 6.61 Å². The number of hydrogen-bond acceptors (Lipinski definition) is 4. The van der Waals surface area contributed by atoms with Gasteiger partial charge in [0.15, 0.2) is 0 Å². The van der Waals surface area contributed by atoms with Gasteiger partial charge in [-0.1, -0.05) is 53.4 Å². The quantitative estimate of drug-likeness (QED) is 0.435. The lowest BCUT2D eigenvalue weighted by Gasteiger charge is -2.11. The minimum Gasteiger partial charge on any atom is -0.497 e. The maximum atomic E-state index is 6.04. The standard InChI is InChI=1S/C24H19N3O2/c1-28-19-13-11-18(12-14-19)23-24-21(20-9-5-6-10-22(20)26-23)15-25-27(24)29-16-17-7-3-2-4-8-17/h2-15H,16H2,1H3. The van der Waals surface area contributed by atoms with E-state index < -0.39 is 0 Å². The number of methoxy groups -OCH3 is 1. The van der Waals surface area contributed by atoms with Gasteiger partial charge in [-0.3, -0.25) is 0 Å². The molecule has 0 radical (unpaired) electrons. The molecular weight excluding hydrogens is 362 g/mol. The molecule has 142 valence electrons. The molecule has 2 heterocycles. The molecular formula is C24H19N3O2. The van der Waals surface area contributed by atoms with E-state index in [9.17, 15) is 0 Å². The van der Waals surface area contributed by atoms with E-state index >= 15 is 0 Å². The largest absolute Gasteiger partial charge is 0.497 e. The molecule has 5 aromatic rings. The highest BCUT2D eigenvalue weighted by molar-refractivity contribution is 6.09. The number of hydrogen-bond donors (Lipinski definition) is 0. The summed E-state index contributed by atoms with van der Waals surface area (Å²) in [5.41, 5.74) is 4.66. The third kappa shape index (κ3) is 3.17. The Morgan fingerprint density at radius 3 is 2.38 bits per heavy atom. The molecule has 0 aliphatic carbocycles. The van der Waals surface area contributed by atoms with Crippen molar-refractivity contribution in [2.24, 2.45) is 0 Å². The molecule has 0 amide bonds. The Balaban J connectivity index is 1.67. The summed E-state index contributed by atoms with van der Waals surface area (Å²) in [6, 6.07) is 26.0.